The number of aromatic nitrogens is 1. The number of rotatable bonds is 6. The monoisotopic (exact) mass is 645 g/mol. The Morgan fingerprint density at radius 3 is 2.43 bits per heavy atom. The number of likely N-dealkylation sites (tertiary alicyclic amines) is 1. The summed E-state index contributed by atoms with van der Waals surface area (Å²) in [6.07, 6.45) is 8.69. The van der Waals surface area contributed by atoms with E-state index in [4.69, 9.17) is 4.74 Å². The Labute approximate surface area is 270 Å². The van der Waals surface area contributed by atoms with Crippen molar-refractivity contribution in [1.82, 2.24) is 14.2 Å². The van der Waals surface area contributed by atoms with Gasteiger partial charge in [-0.25, -0.2) is 13.1 Å². The molecule has 3 saturated carbocycles. The van der Waals surface area contributed by atoms with Crippen LogP contribution < -0.4 is 9.46 Å². The molecular formula is C36H43N3O6S. The van der Waals surface area contributed by atoms with Gasteiger partial charge in [-0.1, -0.05) is 25.3 Å². The quantitative estimate of drug-likeness (QED) is 0.368. The third-order valence-corrected chi connectivity index (χ3v) is 13.4. The topological polar surface area (TPSA) is 118 Å². The van der Waals surface area contributed by atoms with Gasteiger partial charge < -0.3 is 19.3 Å². The molecule has 2 aliphatic heterocycles. The summed E-state index contributed by atoms with van der Waals surface area (Å²) in [7, 11) is -2.03. The zero-order valence-corrected chi connectivity index (χ0v) is 27.5. The molecule has 2 atom stereocenters. The van der Waals surface area contributed by atoms with Gasteiger partial charge in [0.15, 0.2) is 0 Å². The predicted octanol–water partition coefficient (Wildman–Crippen LogP) is 5.45. The number of fused-ring (bicyclic) bond motifs is 7. The lowest BCUT2D eigenvalue weighted by molar-refractivity contribution is -0.141. The first-order valence-electron chi connectivity index (χ1n) is 16.9. The minimum atomic E-state index is -3.70. The molecule has 5 aliphatic rings. The van der Waals surface area contributed by atoms with E-state index in [9.17, 15) is 23.1 Å². The summed E-state index contributed by atoms with van der Waals surface area (Å²) >= 11 is 0. The van der Waals surface area contributed by atoms with E-state index in [-0.39, 0.29) is 11.8 Å². The van der Waals surface area contributed by atoms with Gasteiger partial charge in [0.25, 0.3) is 5.91 Å². The van der Waals surface area contributed by atoms with E-state index in [1.807, 2.05) is 30.0 Å². The lowest BCUT2D eigenvalue weighted by Crippen LogP contribution is -2.48. The van der Waals surface area contributed by atoms with E-state index < -0.39 is 32.2 Å². The van der Waals surface area contributed by atoms with Gasteiger partial charge in [0, 0.05) is 47.6 Å². The number of sulfonamides is 1. The molecule has 2 N–H and O–H groups in total. The van der Waals surface area contributed by atoms with Crippen molar-refractivity contribution in [2.24, 2.45) is 5.41 Å². The summed E-state index contributed by atoms with van der Waals surface area (Å²) in [6.45, 7) is 3.37. The van der Waals surface area contributed by atoms with Crippen LogP contribution in [0.15, 0.2) is 36.4 Å². The molecule has 1 saturated heterocycles. The maximum absolute atomic E-state index is 14.6. The SMILES string of the molecule is COc1ccc2c(c1)C1CC1(C(=O)N1CCC(C)(O)CC1)Cn1c-2c(C2CCCCC2)c2ccc(C(=O)NS(=O)(=O)C3CC3)cc21. The molecule has 0 bridgehead atoms. The number of hydrogen-bond donors (Lipinski definition) is 2. The number of piperidine rings is 1. The molecule has 2 amide bonds. The van der Waals surface area contributed by atoms with Gasteiger partial charge in [-0.3, -0.25) is 9.59 Å². The fraction of sp³-hybridized carbons (Fsp3) is 0.556. The van der Waals surface area contributed by atoms with Crippen molar-refractivity contribution in [1.29, 1.82) is 0 Å². The Morgan fingerprint density at radius 2 is 1.74 bits per heavy atom. The number of amides is 2. The van der Waals surface area contributed by atoms with Gasteiger partial charge in [-0.2, -0.15) is 0 Å². The van der Waals surface area contributed by atoms with Crippen LogP contribution >= 0.6 is 0 Å². The highest BCUT2D eigenvalue weighted by Gasteiger charge is 2.64. The van der Waals surface area contributed by atoms with Crippen molar-refractivity contribution in [3.05, 3.63) is 53.1 Å². The van der Waals surface area contributed by atoms with Gasteiger partial charge in [0.1, 0.15) is 5.75 Å². The molecular weight excluding hydrogens is 602 g/mol. The summed E-state index contributed by atoms with van der Waals surface area (Å²) in [4.78, 5) is 29.9. The summed E-state index contributed by atoms with van der Waals surface area (Å²) in [5, 5.41) is 11.2. The molecule has 0 spiro atoms. The summed E-state index contributed by atoms with van der Waals surface area (Å²) in [5.41, 5.74) is 4.39. The number of nitrogens with zero attached hydrogens (tertiary/aromatic N) is 2. The molecule has 46 heavy (non-hydrogen) atoms. The maximum Gasteiger partial charge on any atom is 0.264 e. The zero-order chi connectivity index (χ0) is 32.0. The number of ether oxygens (including phenoxy) is 1. The van der Waals surface area contributed by atoms with Crippen molar-refractivity contribution in [3.63, 3.8) is 0 Å². The number of hydrogen-bond acceptors (Lipinski definition) is 6. The Kier molecular flexibility index (Phi) is 6.89. The van der Waals surface area contributed by atoms with Crippen LogP contribution in [-0.2, 0) is 21.4 Å². The zero-order valence-electron chi connectivity index (χ0n) is 26.7. The summed E-state index contributed by atoms with van der Waals surface area (Å²) in [5.74, 6) is 0.651. The lowest BCUT2D eigenvalue weighted by atomic mass is 9.81. The third kappa shape index (κ3) is 4.86. The van der Waals surface area contributed by atoms with Gasteiger partial charge in [-0.05, 0) is 99.2 Å². The average Bonchev–Trinajstić information content (AvgIpc) is 3.97. The van der Waals surface area contributed by atoms with Crippen LogP contribution in [0.5, 0.6) is 5.75 Å². The molecule has 2 unspecified atom stereocenters. The Bertz CT molecular complexity index is 1860. The van der Waals surface area contributed by atoms with Crippen LogP contribution in [0.3, 0.4) is 0 Å². The Hall–Kier alpha value is -3.37. The number of carbonyl (C=O) groups excluding carboxylic acids is 2. The third-order valence-electron chi connectivity index (χ3n) is 11.5. The standard InChI is InChI=1S/C36H43N3O6S/c1-35(42)14-16-38(17-15-35)34(41)36-20-29(36)28-19-24(45-2)9-13-26(28)32-31(22-6-4-3-5-7-22)27-12-8-23(18-30(27)39(32)21-36)33(40)37-46(43,44)25-10-11-25/h8-9,12-13,18-19,22,25,29,42H,3-7,10-11,14-17,20-21H2,1-2H3,(H,37,40). The number of aliphatic hydroxyl groups is 1. The number of carbonyl (C=O) groups is 2. The highest BCUT2D eigenvalue weighted by Crippen LogP contribution is 2.66. The number of methoxy groups -OCH3 is 1. The Morgan fingerprint density at radius 1 is 1.00 bits per heavy atom. The fourth-order valence-electron chi connectivity index (χ4n) is 8.58. The van der Waals surface area contributed by atoms with Crippen molar-refractivity contribution in [2.45, 2.75) is 100 Å². The number of benzene rings is 2. The van der Waals surface area contributed by atoms with E-state index >= 15 is 0 Å². The average molecular weight is 646 g/mol. The van der Waals surface area contributed by atoms with Crippen LogP contribution in [0.1, 0.15) is 104 Å². The molecule has 2 aromatic carbocycles. The summed E-state index contributed by atoms with van der Waals surface area (Å²) < 4.78 is 35.6. The van der Waals surface area contributed by atoms with Crippen molar-refractivity contribution >= 4 is 32.7 Å². The van der Waals surface area contributed by atoms with E-state index in [0.717, 1.165) is 65.6 Å². The molecule has 4 fully saturated rings. The van der Waals surface area contributed by atoms with E-state index in [0.29, 0.717) is 56.8 Å². The van der Waals surface area contributed by atoms with Gasteiger partial charge in [0.2, 0.25) is 15.9 Å². The Balaban J connectivity index is 1.30. The van der Waals surface area contributed by atoms with Gasteiger partial charge >= 0.3 is 0 Å². The van der Waals surface area contributed by atoms with E-state index in [1.165, 1.54) is 12.0 Å². The molecule has 9 nitrogen and oxygen atoms in total. The minimum Gasteiger partial charge on any atom is -0.497 e. The first-order chi connectivity index (χ1) is 22.0. The normalized spacial score (nSPS) is 25.6. The second-order valence-corrected chi connectivity index (χ2v) is 16.7. The predicted molar refractivity (Wildman–Crippen MR) is 175 cm³/mol. The number of nitrogens with one attached hydrogen (secondary N) is 1. The highest BCUT2D eigenvalue weighted by molar-refractivity contribution is 7.91. The fourth-order valence-corrected chi connectivity index (χ4v) is 9.88. The van der Waals surface area contributed by atoms with Crippen LogP contribution in [0, 0.1) is 5.41 Å². The molecule has 3 aliphatic carbocycles. The van der Waals surface area contributed by atoms with Crippen LogP contribution in [0.2, 0.25) is 0 Å². The smallest absolute Gasteiger partial charge is 0.264 e. The van der Waals surface area contributed by atoms with Crippen molar-refractivity contribution in [3.8, 4) is 17.0 Å². The van der Waals surface area contributed by atoms with Gasteiger partial charge in [-0.15, -0.1) is 0 Å². The maximum atomic E-state index is 14.6. The molecule has 8 rings (SSSR count). The van der Waals surface area contributed by atoms with Gasteiger partial charge in [0.05, 0.1) is 29.1 Å². The molecule has 3 aromatic rings. The molecule has 3 heterocycles. The lowest BCUT2D eigenvalue weighted by Gasteiger charge is -2.38. The van der Waals surface area contributed by atoms with Crippen molar-refractivity contribution < 1.29 is 27.9 Å². The second-order valence-electron chi connectivity index (χ2n) is 14.7. The summed E-state index contributed by atoms with van der Waals surface area (Å²) in [6, 6.07) is 11.8. The molecule has 10 heteroatoms. The van der Waals surface area contributed by atoms with Crippen LogP contribution in [0.25, 0.3) is 22.2 Å². The van der Waals surface area contributed by atoms with Crippen molar-refractivity contribution in [2.75, 3.05) is 20.2 Å². The van der Waals surface area contributed by atoms with E-state index in [2.05, 4.69) is 21.4 Å². The first kappa shape index (κ1) is 30.0. The molecule has 244 valence electrons. The first-order valence-corrected chi connectivity index (χ1v) is 18.5. The minimum absolute atomic E-state index is 0.0249. The highest BCUT2D eigenvalue weighted by atomic mass is 32.2. The largest absolute Gasteiger partial charge is 0.497 e. The second kappa shape index (κ2) is 10.6. The molecule has 1 aromatic heterocycles. The van der Waals surface area contributed by atoms with Crippen LogP contribution in [-0.4, -0.2) is 65.9 Å². The van der Waals surface area contributed by atoms with E-state index in [1.54, 1.807) is 13.2 Å². The van der Waals surface area contributed by atoms with Crippen LogP contribution in [0.4, 0.5) is 0 Å². The molecule has 0 radical (unpaired) electrons.